The van der Waals surface area contributed by atoms with Gasteiger partial charge in [0.1, 0.15) is 6.07 Å². The van der Waals surface area contributed by atoms with E-state index in [0.29, 0.717) is 11.5 Å². The number of anilines is 1. The summed E-state index contributed by atoms with van der Waals surface area (Å²) in [6, 6.07) is 2.00. The highest BCUT2D eigenvalue weighted by Crippen LogP contribution is 2.27. The van der Waals surface area contributed by atoms with Crippen LogP contribution < -0.4 is 5.73 Å². The first-order valence-electron chi connectivity index (χ1n) is 4.49. The number of imidazole rings is 1. The minimum Gasteiger partial charge on any atom is -0.397 e. The monoisotopic (exact) mass is 277 g/mol. The normalized spacial score (nSPS) is 10.1. The Morgan fingerprint density at radius 2 is 2.25 bits per heavy atom. The first-order valence-corrected chi connectivity index (χ1v) is 5.29. The predicted octanol–water partition coefficient (Wildman–Crippen LogP) is 1.79. The molecule has 0 amide bonds. The van der Waals surface area contributed by atoms with E-state index < -0.39 is 0 Å². The smallest absolute Gasteiger partial charge is 0.218 e. The minimum absolute atomic E-state index is 0.289. The fourth-order valence-corrected chi connectivity index (χ4v) is 1.83. The Morgan fingerprint density at radius 1 is 1.50 bits per heavy atom. The number of nitrogen functional groups attached to an aromatic ring is 1. The van der Waals surface area contributed by atoms with Crippen LogP contribution in [0.3, 0.4) is 0 Å². The molecule has 16 heavy (non-hydrogen) atoms. The van der Waals surface area contributed by atoms with E-state index in [1.807, 2.05) is 13.0 Å². The number of hydrogen-bond donors (Lipinski definition) is 1. The number of pyridine rings is 1. The lowest BCUT2D eigenvalue weighted by molar-refractivity contribution is 0.955. The molecule has 0 atom stereocenters. The van der Waals surface area contributed by atoms with E-state index in [1.165, 1.54) is 0 Å². The fraction of sp³-hybridized carbons (Fsp3) is 0.100. The molecular formula is C10H8BrN5. The van der Waals surface area contributed by atoms with E-state index in [4.69, 9.17) is 11.0 Å². The number of halogens is 1. The minimum atomic E-state index is 0.289. The number of hydrogen-bond acceptors (Lipinski definition) is 4. The van der Waals surface area contributed by atoms with E-state index in [-0.39, 0.29) is 5.82 Å². The van der Waals surface area contributed by atoms with Crippen LogP contribution in [0.1, 0.15) is 11.4 Å². The molecule has 0 aliphatic carbocycles. The molecule has 80 valence electrons. The molecule has 0 aliphatic heterocycles. The number of nitriles is 1. The molecular weight excluding hydrogens is 270 g/mol. The Kier molecular flexibility index (Phi) is 2.62. The van der Waals surface area contributed by atoms with Gasteiger partial charge in [-0.2, -0.15) is 5.26 Å². The quantitative estimate of drug-likeness (QED) is 0.862. The lowest BCUT2D eigenvalue weighted by Gasteiger charge is -2.09. The Balaban J connectivity index is 2.67. The molecule has 0 aliphatic rings. The van der Waals surface area contributed by atoms with Crippen molar-refractivity contribution in [1.29, 1.82) is 5.26 Å². The molecule has 0 saturated heterocycles. The van der Waals surface area contributed by atoms with Crippen molar-refractivity contribution in [1.82, 2.24) is 14.5 Å². The first-order chi connectivity index (χ1) is 7.65. The van der Waals surface area contributed by atoms with Crippen molar-refractivity contribution in [2.75, 3.05) is 5.73 Å². The Morgan fingerprint density at radius 3 is 2.94 bits per heavy atom. The number of nitrogens with two attached hydrogens (primary N) is 1. The van der Waals surface area contributed by atoms with Crippen LogP contribution in [-0.4, -0.2) is 14.5 Å². The van der Waals surface area contributed by atoms with Gasteiger partial charge in [0.2, 0.25) is 5.82 Å². The van der Waals surface area contributed by atoms with Crippen LogP contribution in [-0.2, 0) is 0 Å². The lowest BCUT2D eigenvalue weighted by Crippen LogP contribution is -2.03. The molecule has 2 aromatic rings. The molecule has 6 heteroatoms. The highest BCUT2D eigenvalue weighted by Gasteiger charge is 2.12. The average molecular weight is 278 g/mol. The summed E-state index contributed by atoms with van der Waals surface area (Å²) in [5, 5.41) is 8.88. The zero-order chi connectivity index (χ0) is 11.7. The van der Waals surface area contributed by atoms with Crippen molar-refractivity contribution in [3.05, 3.63) is 34.5 Å². The second-order valence-electron chi connectivity index (χ2n) is 3.21. The SMILES string of the molecule is Cc1c(N)cnc(-n2ccnc2C#N)c1Br. The van der Waals surface area contributed by atoms with Crippen molar-refractivity contribution in [2.45, 2.75) is 6.92 Å². The first kappa shape index (κ1) is 10.6. The summed E-state index contributed by atoms with van der Waals surface area (Å²) < 4.78 is 2.37. The van der Waals surface area contributed by atoms with Gasteiger partial charge in [0.05, 0.1) is 16.4 Å². The maximum atomic E-state index is 8.88. The standard InChI is InChI=1S/C10H8BrN5/c1-6-7(13)5-15-10(9(6)11)16-3-2-14-8(16)4-12/h2-3,5H,13H2,1H3. The molecule has 0 saturated carbocycles. The number of nitrogens with zero attached hydrogens (tertiary/aromatic N) is 4. The number of rotatable bonds is 1. The van der Waals surface area contributed by atoms with E-state index in [2.05, 4.69) is 25.9 Å². The van der Waals surface area contributed by atoms with Gasteiger partial charge in [-0.3, -0.25) is 4.57 Å². The third kappa shape index (κ3) is 1.55. The van der Waals surface area contributed by atoms with Gasteiger partial charge >= 0.3 is 0 Å². The number of aromatic nitrogens is 3. The molecule has 5 nitrogen and oxygen atoms in total. The van der Waals surface area contributed by atoms with Crippen LogP contribution in [0.2, 0.25) is 0 Å². The topological polar surface area (TPSA) is 80.5 Å². The second-order valence-corrected chi connectivity index (χ2v) is 4.00. The van der Waals surface area contributed by atoms with Crippen LogP contribution in [0.15, 0.2) is 23.1 Å². The van der Waals surface area contributed by atoms with Crippen molar-refractivity contribution >= 4 is 21.6 Å². The van der Waals surface area contributed by atoms with Crippen molar-refractivity contribution in [2.24, 2.45) is 0 Å². The summed E-state index contributed by atoms with van der Waals surface area (Å²) in [7, 11) is 0. The van der Waals surface area contributed by atoms with Crippen LogP contribution in [0.4, 0.5) is 5.69 Å². The molecule has 0 aromatic carbocycles. The Bertz CT molecular complexity index is 581. The maximum absolute atomic E-state index is 8.88. The van der Waals surface area contributed by atoms with Crippen molar-refractivity contribution in [3.8, 4) is 11.9 Å². The molecule has 2 aromatic heterocycles. The van der Waals surface area contributed by atoms with Gasteiger partial charge in [0.25, 0.3) is 0 Å². The van der Waals surface area contributed by atoms with Gasteiger partial charge in [0, 0.05) is 12.4 Å². The summed E-state index contributed by atoms with van der Waals surface area (Å²) in [5.74, 6) is 0.901. The second kappa shape index (κ2) is 3.94. The predicted molar refractivity (Wildman–Crippen MR) is 62.9 cm³/mol. The third-order valence-corrected chi connectivity index (χ3v) is 3.20. The van der Waals surface area contributed by atoms with Crippen LogP contribution in [0.5, 0.6) is 0 Å². The Hall–Kier alpha value is -1.87. The molecule has 0 unspecified atom stereocenters. The molecule has 0 radical (unpaired) electrons. The van der Waals surface area contributed by atoms with Gasteiger partial charge in [-0.25, -0.2) is 9.97 Å². The van der Waals surface area contributed by atoms with E-state index in [9.17, 15) is 0 Å². The molecule has 0 spiro atoms. The summed E-state index contributed by atoms with van der Waals surface area (Å²) in [6.07, 6.45) is 4.80. The van der Waals surface area contributed by atoms with Crippen LogP contribution in [0.25, 0.3) is 5.82 Å². The average Bonchev–Trinajstić information content (AvgIpc) is 2.74. The van der Waals surface area contributed by atoms with Crippen LogP contribution >= 0.6 is 15.9 Å². The van der Waals surface area contributed by atoms with Crippen molar-refractivity contribution < 1.29 is 0 Å². The zero-order valence-corrected chi connectivity index (χ0v) is 10.1. The molecule has 2 heterocycles. The third-order valence-electron chi connectivity index (χ3n) is 2.25. The van der Waals surface area contributed by atoms with E-state index in [0.717, 1.165) is 10.0 Å². The van der Waals surface area contributed by atoms with Crippen LogP contribution in [0, 0.1) is 18.3 Å². The summed E-state index contributed by atoms with van der Waals surface area (Å²) in [6.45, 7) is 1.88. The summed E-state index contributed by atoms with van der Waals surface area (Å²) in [5.41, 5.74) is 7.23. The van der Waals surface area contributed by atoms with Crippen molar-refractivity contribution in [3.63, 3.8) is 0 Å². The fourth-order valence-electron chi connectivity index (χ4n) is 1.30. The lowest BCUT2D eigenvalue weighted by atomic mass is 10.2. The molecule has 2 N–H and O–H groups in total. The summed E-state index contributed by atoms with van der Waals surface area (Å²) in [4.78, 5) is 8.10. The van der Waals surface area contributed by atoms with Gasteiger partial charge < -0.3 is 5.73 Å². The van der Waals surface area contributed by atoms with Gasteiger partial charge in [-0.1, -0.05) is 0 Å². The largest absolute Gasteiger partial charge is 0.397 e. The van der Waals surface area contributed by atoms with Gasteiger partial charge in [-0.05, 0) is 28.4 Å². The highest BCUT2D eigenvalue weighted by atomic mass is 79.9. The molecule has 0 bridgehead atoms. The van der Waals surface area contributed by atoms with Gasteiger partial charge in [0.15, 0.2) is 5.82 Å². The maximum Gasteiger partial charge on any atom is 0.218 e. The summed E-state index contributed by atoms with van der Waals surface area (Å²) >= 11 is 3.42. The van der Waals surface area contributed by atoms with E-state index >= 15 is 0 Å². The zero-order valence-electron chi connectivity index (χ0n) is 8.48. The van der Waals surface area contributed by atoms with E-state index in [1.54, 1.807) is 23.2 Å². The van der Waals surface area contributed by atoms with Gasteiger partial charge in [-0.15, -0.1) is 0 Å². The molecule has 0 fully saturated rings. The molecule has 2 rings (SSSR count). The highest BCUT2D eigenvalue weighted by molar-refractivity contribution is 9.10. The Labute approximate surface area is 101 Å².